The number of hydrogen-bond donors (Lipinski definition) is 2. The van der Waals surface area contributed by atoms with Crippen molar-refractivity contribution in [2.24, 2.45) is 0 Å². The van der Waals surface area contributed by atoms with Crippen molar-refractivity contribution in [2.75, 3.05) is 13.1 Å². The van der Waals surface area contributed by atoms with Crippen LogP contribution < -0.4 is 5.43 Å². The Morgan fingerprint density at radius 1 is 1.28 bits per heavy atom. The molecule has 0 spiro atoms. The van der Waals surface area contributed by atoms with Gasteiger partial charge in [0, 0.05) is 25.3 Å². The number of rotatable bonds is 3. The minimum Gasteiger partial charge on any atom is -0.289 e. The highest BCUT2D eigenvalue weighted by Gasteiger charge is 2.12. The van der Waals surface area contributed by atoms with Crippen molar-refractivity contribution in [3.8, 4) is 0 Å². The minimum atomic E-state index is 0.127. The van der Waals surface area contributed by atoms with Crippen LogP contribution in [0.2, 0.25) is 0 Å². The monoisotopic (exact) mass is 266 g/mol. The van der Waals surface area contributed by atoms with Gasteiger partial charge in [-0.05, 0) is 18.4 Å². The third kappa shape index (κ3) is 6.07. The maximum absolute atomic E-state index is 10.8. The van der Waals surface area contributed by atoms with Crippen LogP contribution >= 0.6 is 12.6 Å². The SMILES string of the molecule is CCC(=O)NN1CCCC1.SCc1ccccc1. The van der Waals surface area contributed by atoms with E-state index in [4.69, 9.17) is 0 Å². The molecule has 2 rings (SSSR count). The fourth-order valence-corrected chi connectivity index (χ4v) is 1.88. The molecular weight excluding hydrogens is 244 g/mol. The van der Waals surface area contributed by atoms with Gasteiger partial charge in [-0.1, -0.05) is 37.3 Å². The lowest BCUT2D eigenvalue weighted by atomic mass is 10.2. The first kappa shape index (κ1) is 15.1. The second kappa shape index (κ2) is 9.00. The van der Waals surface area contributed by atoms with E-state index < -0.39 is 0 Å². The van der Waals surface area contributed by atoms with Gasteiger partial charge >= 0.3 is 0 Å². The standard InChI is InChI=1S/C7H14N2O.C7H8S/c1-2-7(10)8-9-5-3-4-6-9;8-6-7-4-2-1-3-5-7/h2-6H2,1H3,(H,8,10);1-5,8H,6H2. The average molecular weight is 266 g/mol. The molecule has 4 heteroatoms. The van der Waals surface area contributed by atoms with E-state index in [0.29, 0.717) is 6.42 Å². The molecule has 1 amide bonds. The largest absolute Gasteiger partial charge is 0.289 e. The van der Waals surface area contributed by atoms with E-state index in [1.807, 2.05) is 30.1 Å². The van der Waals surface area contributed by atoms with E-state index >= 15 is 0 Å². The van der Waals surface area contributed by atoms with Crippen molar-refractivity contribution in [3.63, 3.8) is 0 Å². The number of carbonyl (C=O) groups excluding carboxylic acids is 1. The molecule has 0 aromatic heterocycles. The summed E-state index contributed by atoms with van der Waals surface area (Å²) in [5, 5.41) is 1.99. The summed E-state index contributed by atoms with van der Waals surface area (Å²) in [6, 6.07) is 10.2. The van der Waals surface area contributed by atoms with Crippen molar-refractivity contribution < 1.29 is 4.79 Å². The highest BCUT2D eigenvalue weighted by atomic mass is 32.1. The number of nitrogens with zero attached hydrogens (tertiary/aromatic N) is 1. The van der Waals surface area contributed by atoms with Gasteiger partial charge < -0.3 is 0 Å². The van der Waals surface area contributed by atoms with E-state index in [0.717, 1.165) is 18.8 Å². The van der Waals surface area contributed by atoms with Crippen LogP contribution in [0.3, 0.4) is 0 Å². The molecule has 1 aliphatic heterocycles. The Kier molecular flexibility index (Phi) is 7.53. The summed E-state index contributed by atoms with van der Waals surface area (Å²) in [6.45, 7) is 3.91. The zero-order valence-corrected chi connectivity index (χ0v) is 11.8. The van der Waals surface area contributed by atoms with Gasteiger partial charge in [0.25, 0.3) is 0 Å². The Morgan fingerprint density at radius 3 is 2.33 bits per heavy atom. The summed E-state index contributed by atoms with van der Waals surface area (Å²) in [5.74, 6) is 0.961. The smallest absolute Gasteiger partial charge is 0.233 e. The average Bonchev–Trinajstić information content (AvgIpc) is 2.93. The number of nitrogens with one attached hydrogen (secondary N) is 1. The lowest BCUT2D eigenvalue weighted by Crippen LogP contribution is -2.39. The number of amides is 1. The van der Waals surface area contributed by atoms with Gasteiger partial charge in [-0.3, -0.25) is 10.2 Å². The minimum absolute atomic E-state index is 0.127. The fourth-order valence-electron chi connectivity index (χ4n) is 1.67. The summed E-state index contributed by atoms with van der Waals surface area (Å²) >= 11 is 4.11. The van der Waals surface area contributed by atoms with Crippen LogP contribution in [0.15, 0.2) is 30.3 Å². The van der Waals surface area contributed by atoms with Crippen molar-refractivity contribution in [3.05, 3.63) is 35.9 Å². The first-order valence-corrected chi connectivity index (χ1v) is 7.08. The van der Waals surface area contributed by atoms with E-state index in [1.54, 1.807) is 0 Å². The highest BCUT2D eigenvalue weighted by molar-refractivity contribution is 7.79. The van der Waals surface area contributed by atoms with E-state index in [1.165, 1.54) is 18.4 Å². The third-order valence-corrected chi connectivity index (χ3v) is 3.10. The van der Waals surface area contributed by atoms with Crippen LogP contribution in [0, 0.1) is 0 Å². The second-order valence-corrected chi connectivity index (χ2v) is 4.54. The van der Waals surface area contributed by atoms with E-state index in [-0.39, 0.29) is 5.91 Å². The molecule has 1 heterocycles. The lowest BCUT2D eigenvalue weighted by Gasteiger charge is -2.14. The Hall–Kier alpha value is -1.00. The molecule has 1 fully saturated rings. The molecule has 3 nitrogen and oxygen atoms in total. The molecule has 0 bridgehead atoms. The van der Waals surface area contributed by atoms with Crippen LogP contribution in [-0.2, 0) is 10.5 Å². The number of benzene rings is 1. The van der Waals surface area contributed by atoms with Gasteiger partial charge in [0.1, 0.15) is 0 Å². The molecule has 1 aromatic rings. The zero-order chi connectivity index (χ0) is 13.2. The predicted molar refractivity (Wildman–Crippen MR) is 78.4 cm³/mol. The number of hydrogen-bond acceptors (Lipinski definition) is 3. The van der Waals surface area contributed by atoms with Crippen LogP contribution in [0.1, 0.15) is 31.7 Å². The van der Waals surface area contributed by atoms with Crippen molar-refractivity contribution in [1.82, 2.24) is 10.4 Å². The van der Waals surface area contributed by atoms with Gasteiger partial charge in [-0.15, -0.1) is 0 Å². The summed E-state index contributed by atoms with van der Waals surface area (Å²) in [7, 11) is 0. The van der Waals surface area contributed by atoms with Gasteiger partial charge in [0.15, 0.2) is 0 Å². The molecule has 18 heavy (non-hydrogen) atoms. The van der Waals surface area contributed by atoms with Crippen LogP contribution in [0.4, 0.5) is 0 Å². The maximum atomic E-state index is 10.8. The van der Waals surface area contributed by atoms with Gasteiger partial charge in [0.05, 0.1) is 0 Å². The first-order chi connectivity index (χ1) is 8.76. The van der Waals surface area contributed by atoms with Crippen LogP contribution in [-0.4, -0.2) is 24.0 Å². The fraction of sp³-hybridized carbons (Fsp3) is 0.500. The Bertz CT molecular complexity index is 337. The molecule has 0 unspecified atom stereocenters. The summed E-state index contributed by atoms with van der Waals surface area (Å²) in [4.78, 5) is 10.8. The molecule has 1 aliphatic rings. The highest BCUT2D eigenvalue weighted by Crippen LogP contribution is 2.03. The van der Waals surface area contributed by atoms with Crippen molar-refractivity contribution in [1.29, 1.82) is 0 Å². The summed E-state index contributed by atoms with van der Waals surface area (Å²) in [6.07, 6.45) is 3.00. The van der Waals surface area contributed by atoms with E-state index in [2.05, 4.69) is 30.2 Å². The number of carbonyl (C=O) groups is 1. The molecular formula is C14H22N2OS. The molecule has 1 saturated heterocycles. The lowest BCUT2D eigenvalue weighted by molar-refractivity contribution is -0.125. The zero-order valence-electron chi connectivity index (χ0n) is 10.9. The van der Waals surface area contributed by atoms with Gasteiger partial charge in [0.2, 0.25) is 5.91 Å². The molecule has 0 saturated carbocycles. The van der Waals surface area contributed by atoms with Crippen LogP contribution in [0.25, 0.3) is 0 Å². The Labute approximate surface area is 115 Å². The van der Waals surface area contributed by atoms with Gasteiger partial charge in [-0.2, -0.15) is 12.6 Å². The summed E-state index contributed by atoms with van der Waals surface area (Å²) < 4.78 is 0. The van der Waals surface area contributed by atoms with Crippen molar-refractivity contribution in [2.45, 2.75) is 31.9 Å². The topological polar surface area (TPSA) is 32.3 Å². The number of hydrazine groups is 1. The van der Waals surface area contributed by atoms with Gasteiger partial charge in [-0.25, -0.2) is 5.01 Å². The summed E-state index contributed by atoms with van der Waals surface area (Å²) in [5.41, 5.74) is 4.10. The quantitative estimate of drug-likeness (QED) is 0.824. The third-order valence-electron chi connectivity index (χ3n) is 2.74. The molecule has 0 atom stereocenters. The predicted octanol–water partition coefficient (Wildman–Crippen LogP) is 2.64. The Balaban J connectivity index is 0.000000184. The molecule has 1 aromatic carbocycles. The Morgan fingerprint density at radius 2 is 1.89 bits per heavy atom. The van der Waals surface area contributed by atoms with E-state index in [9.17, 15) is 4.79 Å². The second-order valence-electron chi connectivity index (χ2n) is 4.23. The van der Waals surface area contributed by atoms with Crippen LogP contribution in [0.5, 0.6) is 0 Å². The maximum Gasteiger partial charge on any atom is 0.233 e. The molecule has 0 aliphatic carbocycles. The first-order valence-electron chi connectivity index (χ1n) is 6.45. The normalized spacial score (nSPS) is 14.8. The molecule has 100 valence electrons. The molecule has 1 N–H and O–H groups in total. The van der Waals surface area contributed by atoms with Crippen molar-refractivity contribution >= 4 is 18.5 Å². The molecule has 0 radical (unpaired) electrons. The number of thiol groups is 1.